The predicted molar refractivity (Wildman–Crippen MR) is 123 cm³/mol. The van der Waals surface area contributed by atoms with E-state index < -0.39 is 0 Å². The molecule has 0 aliphatic carbocycles. The summed E-state index contributed by atoms with van der Waals surface area (Å²) in [4.78, 5) is 29.0. The summed E-state index contributed by atoms with van der Waals surface area (Å²) < 4.78 is 10.6. The lowest BCUT2D eigenvalue weighted by Gasteiger charge is -2.36. The van der Waals surface area contributed by atoms with Crippen LogP contribution >= 0.6 is 11.6 Å². The average molecular weight is 446 g/mol. The third-order valence-corrected chi connectivity index (χ3v) is 5.60. The van der Waals surface area contributed by atoms with E-state index in [9.17, 15) is 9.59 Å². The molecular weight excluding hydrogens is 418 g/mol. The molecule has 0 saturated carbocycles. The van der Waals surface area contributed by atoms with Gasteiger partial charge in [-0.25, -0.2) is 0 Å². The zero-order valence-corrected chi connectivity index (χ0v) is 18.9. The number of piperazine rings is 1. The molecule has 166 valence electrons. The van der Waals surface area contributed by atoms with Crippen molar-refractivity contribution in [3.8, 4) is 11.5 Å². The van der Waals surface area contributed by atoms with Crippen molar-refractivity contribution in [2.24, 2.45) is 0 Å². The second-order valence-electron chi connectivity index (χ2n) is 7.28. The van der Waals surface area contributed by atoms with E-state index in [1.54, 1.807) is 24.3 Å². The first kappa shape index (κ1) is 22.7. The monoisotopic (exact) mass is 445 g/mol. The molecule has 7 nitrogen and oxygen atoms in total. The van der Waals surface area contributed by atoms with E-state index in [4.69, 9.17) is 21.1 Å². The van der Waals surface area contributed by atoms with Crippen LogP contribution < -0.4 is 19.7 Å². The standard InChI is InChI=1S/C23H28ClN3O4/c1-4-6-21(28)27-13-11-26(12-14-27)18-10-9-16(15-17(18)24)25-23(29)22-19(30-2)7-5-8-20(22)31-3/h5,7-10,15H,4,6,11-14H2,1-3H3,(H,25,29). The molecule has 1 heterocycles. The van der Waals surface area contributed by atoms with Gasteiger partial charge in [0.05, 0.1) is 24.9 Å². The van der Waals surface area contributed by atoms with Gasteiger partial charge in [-0.1, -0.05) is 24.6 Å². The largest absolute Gasteiger partial charge is 0.496 e. The third-order valence-electron chi connectivity index (χ3n) is 5.30. The summed E-state index contributed by atoms with van der Waals surface area (Å²) in [5.41, 5.74) is 1.78. The summed E-state index contributed by atoms with van der Waals surface area (Å²) in [6, 6.07) is 10.6. The Labute approximate surface area is 187 Å². The molecular formula is C23H28ClN3O4. The lowest BCUT2D eigenvalue weighted by Crippen LogP contribution is -2.48. The van der Waals surface area contributed by atoms with Crippen LogP contribution in [0.5, 0.6) is 11.5 Å². The minimum atomic E-state index is -0.346. The van der Waals surface area contributed by atoms with Crippen molar-refractivity contribution < 1.29 is 19.1 Å². The molecule has 1 N–H and O–H groups in total. The number of amides is 2. The molecule has 0 aromatic heterocycles. The van der Waals surface area contributed by atoms with E-state index in [1.165, 1.54) is 14.2 Å². The van der Waals surface area contributed by atoms with Crippen molar-refractivity contribution in [2.45, 2.75) is 19.8 Å². The Kier molecular flexibility index (Phi) is 7.63. The van der Waals surface area contributed by atoms with Crippen LogP contribution in [0.3, 0.4) is 0 Å². The Morgan fingerprint density at radius 3 is 2.23 bits per heavy atom. The summed E-state index contributed by atoms with van der Waals surface area (Å²) in [6.07, 6.45) is 1.45. The van der Waals surface area contributed by atoms with Gasteiger partial charge in [0.15, 0.2) is 0 Å². The minimum Gasteiger partial charge on any atom is -0.496 e. The second kappa shape index (κ2) is 10.4. The molecule has 2 aromatic rings. The maximum atomic E-state index is 12.9. The minimum absolute atomic E-state index is 0.207. The molecule has 1 aliphatic heterocycles. The molecule has 1 saturated heterocycles. The molecule has 0 bridgehead atoms. The summed E-state index contributed by atoms with van der Waals surface area (Å²) in [7, 11) is 3.01. The number of ether oxygens (including phenoxy) is 2. The number of hydrogen-bond donors (Lipinski definition) is 1. The van der Waals surface area contributed by atoms with Crippen molar-refractivity contribution in [1.29, 1.82) is 0 Å². The number of methoxy groups -OCH3 is 2. The number of hydrogen-bond acceptors (Lipinski definition) is 5. The lowest BCUT2D eigenvalue weighted by atomic mass is 10.1. The van der Waals surface area contributed by atoms with Crippen LogP contribution in [-0.4, -0.2) is 57.1 Å². The molecule has 0 radical (unpaired) electrons. The van der Waals surface area contributed by atoms with E-state index in [-0.39, 0.29) is 11.8 Å². The molecule has 0 unspecified atom stereocenters. The van der Waals surface area contributed by atoms with Gasteiger partial charge in [-0.15, -0.1) is 0 Å². The Hall–Kier alpha value is -2.93. The zero-order chi connectivity index (χ0) is 22.4. The van der Waals surface area contributed by atoms with E-state index in [1.807, 2.05) is 24.0 Å². The van der Waals surface area contributed by atoms with Crippen LogP contribution in [0.25, 0.3) is 0 Å². The van der Waals surface area contributed by atoms with Crippen LogP contribution in [0, 0.1) is 0 Å². The van der Waals surface area contributed by atoms with E-state index in [0.29, 0.717) is 47.3 Å². The highest BCUT2D eigenvalue weighted by Gasteiger charge is 2.23. The van der Waals surface area contributed by atoms with Gasteiger partial charge in [-0.3, -0.25) is 9.59 Å². The summed E-state index contributed by atoms with van der Waals surface area (Å²) in [5.74, 6) is 0.712. The van der Waals surface area contributed by atoms with Gasteiger partial charge >= 0.3 is 0 Å². The first-order chi connectivity index (χ1) is 15.0. The fourth-order valence-corrected chi connectivity index (χ4v) is 3.98. The molecule has 3 rings (SSSR count). The fourth-order valence-electron chi connectivity index (χ4n) is 3.68. The first-order valence-electron chi connectivity index (χ1n) is 10.3. The maximum absolute atomic E-state index is 12.9. The van der Waals surface area contributed by atoms with Crippen molar-refractivity contribution in [3.05, 3.63) is 47.0 Å². The Morgan fingerprint density at radius 1 is 1.03 bits per heavy atom. The Balaban J connectivity index is 1.70. The number of nitrogens with one attached hydrogen (secondary N) is 1. The average Bonchev–Trinajstić information content (AvgIpc) is 2.78. The molecule has 1 fully saturated rings. The molecule has 0 spiro atoms. The van der Waals surface area contributed by atoms with Crippen LogP contribution in [0.2, 0.25) is 5.02 Å². The number of nitrogens with zero attached hydrogens (tertiary/aromatic N) is 2. The molecule has 2 aromatic carbocycles. The van der Waals surface area contributed by atoms with E-state index in [0.717, 1.165) is 25.2 Å². The predicted octanol–water partition coefficient (Wildman–Crippen LogP) is 4.06. The normalized spacial score (nSPS) is 13.7. The number of benzene rings is 2. The number of halogens is 1. The molecule has 2 amide bonds. The second-order valence-corrected chi connectivity index (χ2v) is 7.68. The van der Waals surface area contributed by atoms with E-state index >= 15 is 0 Å². The van der Waals surface area contributed by atoms with Gasteiger partial charge in [0.2, 0.25) is 5.91 Å². The van der Waals surface area contributed by atoms with Crippen LogP contribution in [0.4, 0.5) is 11.4 Å². The topological polar surface area (TPSA) is 71.1 Å². The number of carbonyl (C=O) groups excluding carboxylic acids is 2. The van der Waals surface area contributed by atoms with Crippen LogP contribution in [-0.2, 0) is 4.79 Å². The van der Waals surface area contributed by atoms with Gasteiger partial charge in [0.1, 0.15) is 17.1 Å². The van der Waals surface area contributed by atoms with Crippen molar-refractivity contribution in [2.75, 3.05) is 50.6 Å². The fraction of sp³-hybridized carbons (Fsp3) is 0.391. The number of anilines is 2. The first-order valence-corrected chi connectivity index (χ1v) is 10.7. The van der Waals surface area contributed by atoms with Gasteiger partial charge < -0.3 is 24.6 Å². The summed E-state index contributed by atoms with van der Waals surface area (Å²) in [5, 5.41) is 3.40. The summed E-state index contributed by atoms with van der Waals surface area (Å²) in [6.45, 7) is 4.82. The zero-order valence-electron chi connectivity index (χ0n) is 18.1. The Bertz CT molecular complexity index is 920. The summed E-state index contributed by atoms with van der Waals surface area (Å²) >= 11 is 6.54. The van der Waals surface area contributed by atoms with Crippen LogP contribution in [0.15, 0.2) is 36.4 Å². The maximum Gasteiger partial charge on any atom is 0.263 e. The quantitative estimate of drug-likeness (QED) is 0.695. The van der Waals surface area contributed by atoms with Gasteiger partial charge in [0.25, 0.3) is 5.91 Å². The molecule has 8 heteroatoms. The van der Waals surface area contributed by atoms with Crippen molar-refractivity contribution in [3.63, 3.8) is 0 Å². The van der Waals surface area contributed by atoms with E-state index in [2.05, 4.69) is 10.2 Å². The van der Waals surface area contributed by atoms with Crippen LogP contribution in [0.1, 0.15) is 30.1 Å². The van der Waals surface area contributed by atoms with Crippen molar-refractivity contribution >= 4 is 34.8 Å². The molecule has 0 atom stereocenters. The number of carbonyl (C=O) groups is 2. The highest BCUT2D eigenvalue weighted by molar-refractivity contribution is 6.33. The van der Waals surface area contributed by atoms with Gasteiger partial charge in [0, 0.05) is 38.3 Å². The smallest absolute Gasteiger partial charge is 0.263 e. The van der Waals surface area contributed by atoms with Crippen molar-refractivity contribution in [1.82, 2.24) is 4.90 Å². The molecule has 31 heavy (non-hydrogen) atoms. The highest BCUT2D eigenvalue weighted by atomic mass is 35.5. The highest BCUT2D eigenvalue weighted by Crippen LogP contribution is 2.32. The third kappa shape index (κ3) is 5.22. The van der Waals surface area contributed by atoms with Gasteiger partial charge in [-0.05, 0) is 36.8 Å². The van der Waals surface area contributed by atoms with Gasteiger partial charge in [-0.2, -0.15) is 0 Å². The Morgan fingerprint density at radius 2 is 1.68 bits per heavy atom. The number of rotatable bonds is 7. The SMILES string of the molecule is CCCC(=O)N1CCN(c2ccc(NC(=O)c3c(OC)cccc3OC)cc2Cl)CC1. The molecule has 1 aliphatic rings. The lowest BCUT2D eigenvalue weighted by molar-refractivity contribution is -0.131.